The molecule has 0 spiro atoms. The molecule has 0 aliphatic carbocycles. The van der Waals surface area contributed by atoms with Crippen molar-refractivity contribution in [3.63, 3.8) is 0 Å². The van der Waals surface area contributed by atoms with Crippen LogP contribution in [0.3, 0.4) is 0 Å². The molecule has 4 rings (SSSR count). The molecule has 3 aromatic heterocycles. The molecular formula is C25H26N6O4. The maximum Gasteiger partial charge on any atom is 0.283 e. The summed E-state index contributed by atoms with van der Waals surface area (Å²) in [6.07, 6.45) is 7.05. The molecule has 10 heteroatoms. The molecular weight excluding hydrogens is 448 g/mol. The lowest BCUT2D eigenvalue weighted by atomic mass is 10.1. The molecule has 0 bridgehead atoms. The third-order valence-corrected chi connectivity index (χ3v) is 5.46. The number of rotatable bonds is 9. The maximum atomic E-state index is 13.4. The van der Waals surface area contributed by atoms with Crippen LogP contribution in [0.2, 0.25) is 0 Å². The van der Waals surface area contributed by atoms with Gasteiger partial charge in [-0.05, 0) is 19.9 Å². The van der Waals surface area contributed by atoms with Crippen molar-refractivity contribution in [2.45, 2.75) is 26.2 Å². The summed E-state index contributed by atoms with van der Waals surface area (Å²) in [7, 11) is 1.59. The first-order chi connectivity index (χ1) is 17.0. The molecule has 0 radical (unpaired) electrons. The second-order valence-corrected chi connectivity index (χ2v) is 8.06. The van der Waals surface area contributed by atoms with E-state index in [0.29, 0.717) is 47.0 Å². The summed E-state index contributed by atoms with van der Waals surface area (Å²) in [4.78, 5) is 22.3. The first-order valence-corrected chi connectivity index (χ1v) is 11.0. The molecule has 180 valence electrons. The van der Waals surface area contributed by atoms with Crippen molar-refractivity contribution < 1.29 is 19.0 Å². The molecule has 0 aromatic carbocycles. The molecule has 0 fully saturated rings. The fourth-order valence-corrected chi connectivity index (χ4v) is 3.74. The molecule has 0 unspecified atom stereocenters. The van der Waals surface area contributed by atoms with Crippen molar-refractivity contribution in [3.8, 4) is 6.07 Å². The van der Waals surface area contributed by atoms with Gasteiger partial charge >= 0.3 is 0 Å². The first-order valence-electron chi connectivity index (χ1n) is 11.0. The third kappa shape index (κ3) is 4.81. The van der Waals surface area contributed by atoms with Crippen LogP contribution in [0.5, 0.6) is 0 Å². The fourth-order valence-electron chi connectivity index (χ4n) is 3.74. The van der Waals surface area contributed by atoms with Crippen molar-refractivity contribution in [2.24, 2.45) is 0 Å². The number of methoxy groups -OCH3 is 1. The lowest BCUT2D eigenvalue weighted by molar-refractivity contribution is -0.0278. The quantitative estimate of drug-likeness (QED) is 0.439. The van der Waals surface area contributed by atoms with Crippen LogP contribution >= 0.6 is 0 Å². The highest BCUT2D eigenvalue weighted by atomic mass is 16.7. The topological polar surface area (TPSA) is 123 Å². The maximum absolute atomic E-state index is 13.4. The Morgan fingerprint density at radius 3 is 2.80 bits per heavy atom. The number of carbonyl (C=O) groups is 1. The predicted octanol–water partition coefficient (Wildman–Crippen LogP) is 4.35. The van der Waals surface area contributed by atoms with Gasteiger partial charge in [-0.2, -0.15) is 5.26 Å². The average Bonchev–Trinajstić information content (AvgIpc) is 3.51. The Balaban J connectivity index is 1.71. The molecule has 0 atom stereocenters. The number of nitriles is 1. The second kappa shape index (κ2) is 10.3. The number of nitrogens with one attached hydrogen (secondary N) is 2. The number of carbonyl (C=O) groups excluding carboxylic acids is 1. The second-order valence-electron chi connectivity index (χ2n) is 8.06. The summed E-state index contributed by atoms with van der Waals surface area (Å²) in [5, 5.41) is 15.3. The number of anilines is 2. The standard InChI is InChI=1S/C25H26N6O4/c1-5-16-10-20-23(30-22(16)25-34-8-9-35-25)18(14-31(20)15(2)3)24(32)29-21-11-19(27-6-7-33-4)17(12-26)13-28-21/h5,8-11,13-15,25H,1,6-7H2,2-4H3,(H2,27,28,29,32). The summed E-state index contributed by atoms with van der Waals surface area (Å²) in [5.41, 5.74) is 3.85. The SMILES string of the molecule is C=Cc1cc2c(nc1C1OC=CO1)c(C(=O)Nc1cc(NCCOC)c(C#N)cn1)cn2C(C)C. The van der Waals surface area contributed by atoms with Crippen LogP contribution in [0.25, 0.3) is 17.1 Å². The van der Waals surface area contributed by atoms with E-state index < -0.39 is 6.29 Å². The van der Waals surface area contributed by atoms with E-state index in [4.69, 9.17) is 19.2 Å². The Morgan fingerprint density at radius 2 is 2.14 bits per heavy atom. The Hall–Kier alpha value is -4.36. The molecule has 0 saturated heterocycles. The van der Waals surface area contributed by atoms with Gasteiger partial charge in [0, 0.05) is 43.7 Å². The van der Waals surface area contributed by atoms with Crippen molar-refractivity contribution >= 4 is 34.5 Å². The highest BCUT2D eigenvalue weighted by Crippen LogP contribution is 2.32. The van der Waals surface area contributed by atoms with Gasteiger partial charge in [0.2, 0.25) is 0 Å². The van der Waals surface area contributed by atoms with Gasteiger partial charge in [0.05, 0.1) is 28.9 Å². The molecule has 1 amide bonds. The molecule has 3 aromatic rings. The highest BCUT2D eigenvalue weighted by molar-refractivity contribution is 6.12. The Kier molecular flexibility index (Phi) is 6.98. The summed E-state index contributed by atoms with van der Waals surface area (Å²) in [6, 6.07) is 5.71. The van der Waals surface area contributed by atoms with Crippen molar-refractivity contribution in [1.29, 1.82) is 5.26 Å². The molecule has 35 heavy (non-hydrogen) atoms. The van der Waals surface area contributed by atoms with Gasteiger partial charge in [-0.15, -0.1) is 0 Å². The van der Waals surface area contributed by atoms with Gasteiger partial charge in [0.1, 0.15) is 35.6 Å². The van der Waals surface area contributed by atoms with E-state index in [1.54, 1.807) is 25.4 Å². The van der Waals surface area contributed by atoms with Crippen LogP contribution in [0.15, 0.2) is 43.6 Å². The highest BCUT2D eigenvalue weighted by Gasteiger charge is 2.25. The van der Waals surface area contributed by atoms with Crippen LogP contribution in [0.4, 0.5) is 11.5 Å². The zero-order valence-corrected chi connectivity index (χ0v) is 19.7. The van der Waals surface area contributed by atoms with Gasteiger partial charge in [0.15, 0.2) is 0 Å². The van der Waals surface area contributed by atoms with E-state index >= 15 is 0 Å². The summed E-state index contributed by atoms with van der Waals surface area (Å²) in [5.74, 6) is -0.0837. The van der Waals surface area contributed by atoms with E-state index in [2.05, 4.69) is 28.3 Å². The van der Waals surface area contributed by atoms with Crippen LogP contribution in [-0.2, 0) is 14.2 Å². The number of hydrogen-bond donors (Lipinski definition) is 2. The Morgan fingerprint density at radius 1 is 1.37 bits per heavy atom. The number of ether oxygens (including phenoxy) is 3. The zero-order chi connectivity index (χ0) is 24.9. The lowest BCUT2D eigenvalue weighted by Gasteiger charge is -2.14. The van der Waals surface area contributed by atoms with E-state index in [-0.39, 0.29) is 11.9 Å². The molecule has 1 aliphatic rings. The minimum atomic E-state index is -0.716. The van der Waals surface area contributed by atoms with E-state index in [0.717, 1.165) is 11.1 Å². The van der Waals surface area contributed by atoms with E-state index in [9.17, 15) is 10.1 Å². The minimum Gasteiger partial charge on any atom is -0.454 e. The van der Waals surface area contributed by atoms with Gasteiger partial charge in [-0.3, -0.25) is 4.79 Å². The van der Waals surface area contributed by atoms with Crippen molar-refractivity contribution in [1.82, 2.24) is 14.5 Å². The zero-order valence-electron chi connectivity index (χ0n) is 19.7. The van der Waals surface area contributed by atoms with Gasteiger partial charge in [-0.1, -0.05) is 12.7 Å². The monoisotopic (exact) mass is 474 g/mol. The number of fused-ring (bicyclic) bond motifs is 1. The number of pyridine rings is 2. The number of hydrogen-bond acceptors (Lipinski definition) is 8. The van der Waals surface area contributed by atoms with Crippen molar-refractivity contribution in [2.75, 3.05) is 30.9 Å². The molecule has 1 aliphatic heterocycles. The normalized spacial score (nSPS) is 12.9. The molecule has 2 N–H and O–H groups in total. The Bertz CT molecular complexity index is 1330. The van der Waals surface area contributed by atoms with Gasteiger partial charge < -0.3 is 29.4 Å². The van der Waals surface area contributed by atoms with Gasteiger partial charge in [0.25, 0.3) is 12.2 Å². The molecule has 4 heterocycles. The molecule has 0 saturated carbocycles. The van der Waals surface area contributed by atoms with E-state index in [1.165, 1.54) is 18.7 Å². The minimum absolute atomic E-state index is 0.0784. The average molecular weight is 475 g/mol. The smallest absolute Gasteiger partial charge is 0.283 e. The number of aromatic nitrogens is 3. The Labute approximate surface area is 202 Å². The van der Waals surface area contributed by atoms with Crippen LogP contribution < -0.4 is 10.6 Å². The van der Waals surface area contributed by atoms with Crippen LogP contribution in [0, 0.1) is 11.3 Å². The summed E-state index contributed by atoms with van der Waals surface area (Å²) >= 11 is 0. The van der Waals surface area contributed by atoms with Gasteiger partial charge in [-0.25, -0.2) is 9.97 Å². The number of amides is 1. The summed E-state index contributed by atoms with van der Waals surface area (Å²) < 4.78 is 18.0. The largest absolute Gasteiger partial charge is 0.454 e. The van der Waals surface area contributed by atoms with E-state index in [1.807, 2.05) is 24.5 Å². The van der Waals surface area contributed by atoms with Crippen LogP contribution in [-0.4, -0.2) is 40.7 Å². The number of nitrogens with zero attached hydrogens (tertiary/aromatic N) is 4. The van der Waals surface area contributed by atoms with Crippen molar-refractivity contribution in [3.05, 3.63) is 66.0 Å². The summed E-state index contributed by atoms with van der Waals surface area (Å²) in [6.45, 7) is 8.90. The lowest BCUT2D eigenvalue weighted by Crippen LogP contribution is -2.15. The third-order valence-electron chi connectivity index (χ3n) is 5.46. The first kappa shape index (κ1) is 23.8. The van der Waals surface area contributed by atoms with Crippen LogP contribution in [0.1, 0.15) is 53.4 Å². The molecule has 10 nitrogen and oxygen atoms in total. The fraction of sp³-hybridized carbons (Fsp3) is 0.280. The predicted molar refractivity (Wildman–Crippen MR) is 132 cm³/mol.